The summed E-state index contributed by atoms with van der Waals surface area (Å²) in [6.45, 7) is 8.46. The van der Waals surface area contributed by atoms with Gasteiger partial charge in [0.1, 0.15) is 11.5 Å². The summed E-state index contributed by atoms with van der Waals surface area (Å²) in [5.74, 6) is 1.45. The molecule has 5 rings (SSSR count). The van der Waals surface area contributed by atoms with Crippen LogP contribution in [0.4, 0.5) is 11.5 Å². The largest absolute Gasteiger partial charge is 0.356 e. The van der Waals surface area contributed by atoms with Crippen molar-refractivity contribution in [1.82, 2.24) is 19.7 Å². The van der Waals surface area contributed by atoms with Crippen LogP contribution in [-0.4, -0.2) is 46.5 Å². The number of nitrogens with one attached hydrogen (secondary N) is 2. The number of hydrogen-bond acceptors (Lipinski definition) is 5. The van der Waals surface area contributed by atoms with Crippen molar-refractivity contribution in [2.45, 2.75) is 13.8 Å². The molecule has 2 atom stereocenters. The number of anilines is 2. The summed E-state index contributed by atoms with van der Waals surface area (Å²) >= 11 is 0. The minimum atomic E-state index is -0.162. The third kappa shape index (κ3) is 2.92. The molecule has 0 aliphatic carbocycles. The van der Waals surface area contributed by atoms with Crippen molar-refractivity contribution in [3.63, 3.8) is 0 Å². The number of pyridine rings is 2. The highest BCUT2D eigenvalue weighted by Crippen LogP contribution is 2.39. The Morgan fingerprint density at radius 3 is 2.96 bits per heavy atom. The molecule has 0 saturated carbocycles. The average molecular weight is 376 g/mol. The smallest absolute Gasteiger partial charge is 0.257 e. The van der Waals surface area contributed by atoms with Gasteiger partial charge in [0.2, 0.25) is 0 Å². The van der Waals surface area contributed by atoms with Crippen LogP contribution in [0.2, 0.25) is 0 Å². The lowest BCUT2D eigenvalue weighted by Crippen LogP contribution is -2.30. The van der Waals surface area contributed by atoms with Crippen LogP contribution in [0.25, 0.3) is 5.65 Å². The number of aryl methyl sites for hydroxylation is 1. The minimum Gasteiger partial charge on any atom is -0.356 e. The van der Waals surface area contributed by atoms with E-state index in [1.165, 1.54) is 0 Å². The fraction of sp³-hybridized carbons (Fsp3) is 0.381. The zero-order valence-electron chi connectivity index (χ0n) is 16.1. The fourth-order valence-corrected chi connectivity index (χ4v) is 4.44. The van der Waals surface area contributed by atoms with Crippen molar-refractivity contribution in [2.24, 2.45) is 11.3 Å². The molecule has 0 radical (unpaired) electrons. The second kappa shape index (κ2) is 6.31. The Hall–Kier alpha value is -2.93. The average Bonchev–Trinajstić information content (AvgIpc) is 3.31. The van der Waals surface area contributed by atoms with E-state index in [4.69, 9.17) is 0 Å². The van der Waals surface area contributed by atoms with Gasteiger partial charge < -0.3 is 19.9 Å². The highest BCUT2D eigenvalue weighted by Gasteiger charge is 2.46. The van der Waals surface area contributed by atoms with E-state index in [-0.39, 0.29) is 5.91 Å². The molecule has 1 amide bonds. The topological polar surface area (TPSA) is 74.6 Å². The second-order valence-corrected chi connectivity index (χ2v) is 8.29. The van der Waals surface area contributed by atoms with Crippen molar-refractivity contribution in [2.75, 3.05) is 36.4 Å². The molecule has 0 spiro atoms. The molecule has 2 fully saturated rings. The third-order valence-corrected chi connectivity index (χ3v) is 6.06. The van der Waals surface area contributed by atoms with Gasteiger partial charge in [0.15, 0.2) is 0 Å². The number of carbonyl (C=O) groups is 1. The molecule has 2 N–H and O–H groups in total. The van der Waals surface area contributed by atoms with Gasteiger partial charge in [-0.15, -0.1) is 0 Å². The third-order valence-electron chi connectivity index (χ3n) is 6.06. The molecule has 2 aliphatic heterocycles. The molecule has 3 aromatic rings. The first kappa shape index (κ1) is 17.2. The minimum absolute atomic E-state index is 0.162. The van der Waals surface area contributed by atoms with Crippen molar-refractivity contribution < 1.29 is 4.79 Å². The van der Waals surface area contributed by atoms with Crippen LogP contribution in [0.5, 0.6) is 0 Å². The van der Waals surface area contributed by atoms with Gasteiger partial charge in [-0.3, -0.25) is 4.79 Å². The molecule has 2 aliphatic rings. The van der Waals surface area contributed by atoms with Gasteiger partial charge >= 0.3 is 0 Å². The van der Waals surface area contributed by atoms with E-state index in [1.54, 1.807) is 6.20 Å². The molecular weight excluding hydrogens is 352 g/mol. The Morgan fingerprint density at radius 1 is 1.29 bits per heavy atom. The van der Waals surface area contributed by atoms with Crippen LogP contribution >= 0.6 is 0 Å². The van der Waals surface area contributed by atoms with Crippen molar-refractivity contribution in [3.8, 4) is 0 Å². The van der Waals surface area contributed by atoms with Crippen LogP contribution in [0.1, 0.15) is 23.0 Å². The van der Waals surface area contributed by atoms with E-state index in [1.807, 2.05) is 48.0 Å². The van der Waals surface area contributed by atoms with Gasteiger partial charge in [0.25, 0.3) is 5.91 Å². The number of aromatic nitrogens is 3. The first-order valence-electron chi connectivity index (χ1n) is 9.69. The molecule has 144 valence electrons. The van der Waals surface area contributed by atoms with Crippen molar-refractivity contribution in [1.29, 1.82) is 0 Å². The summed E-state index contributed by atoms with van der Waals surface area (Å²) in [6.07, 6.45) is 5.47. The molecule has 7 nitrogen and oxygen atoms in total. The van der Waals surface area contributed by atoms with E-state index in [0.29, 0.717) is 16.9 Å². The van der Waals surface area contributed by atoms with Crippen molar-refractivity contribution in [3.05, 3.63) is 54.1 Å². The number of nitrogens with zero attached hydrogens (tertiary/aromatic N) is 4. The van der Waals surface area contributed by atoms with E-state index in [0.717, 1.165) is 49.0 Å². The van der Waals surface area contributed by atoms with Gasteiger partial charge in [-0.25, -0.2) is 9.97 Å². The van der Waals surface area contributed by atoms with Gasteiger partial charge in [-0.05, 0) is 37.1 Å². The molecule has 2 unspecified atom stereocenters. The van der Waals surface area contributed by atoms with Crippen LogP contribution in [0.15, 0.2) is 42.9 Å². The van der Waals surface area contributed by atoms with Gasteiger partial charge in [-0.2, -0.15) is 0 Å². The second-order valence-electron chi connectivity index (χ2n) is 8.29. The van der Waals surface area contributed by atoms with E-state index in [2.05, 4.69) is 32.4 Å². The maximum atomic E-state index is 12.6. The van der Waals surface area contributed by atoms with E-state index in [9.17, 15) is 4.79 Å². The first-order chi connectivity index (χ1) is 13.5. The monoisotopic (exact) mass is 376 g/mol. The number of fused-ring (bicyclic) bond motifs is 2. The highest BCUT2D eigenvalue weighted by molar-refractivity contribution is 6.04. The summed E-state index contributed by atoms with van der Waals surface area (Å²) in [6, 6.07) is 7.56. The fourth-order valence-electron chi connectivity index (χ4n) is 4.44. The molecule has 0 bridgehead atoms. The molecule has 3 aromatic heterocycles. The van der Waals surface area contributed by atoms with Crippen LogP contribution < -0.4 is 15.5 Å². The summed E-state index contributed by atoms with van der Waals surface area (Å²) in [5.41, 5.74) is 3.41. The Labute approximate surface area is 163 Å². The number of rotatable bonds is 3. The zero-order chi connectivity index (χ0) is 19.3. The lowest BCUT2D eigenvalue weighted by atomic mass is 9.83. The summed E-state index contributed by atoms with van der Waals surface area (Å²) in [5, 5.41) is 6.43. The Kier molecular flexibility index (Phi) is 3.87. The Bertz CT molecular complexity index is 1040. The van der Waals surface area contributed by atoms with Gasteiger partial charge in [0.05, 0.1) is 16.9 Å². The van der Waals surface area contributed by atoms with Gasteiger partial charge in [-0.1, -0.05) is 6.92 Å². The van der Waals surface area contributed by atoms with Crippen molar-refractivity contribution >= 4 is 23.1 Å². The molecule has 0 aromatic carbocycles. The molecule has 2 saturated heterocycles. The lowest BCUT2D eigenvalue weighted by Gasteiger charge is -2.22. The molecule has 7 heteroatoms. The van der Waals surface area contributed by atoms with Crippen LogP contribution in [0.3, 0.4) is 0 Å². The predicted molar refractivity (Wildman–Crippen MR) is 109 cm³/mol. The first-order valence-corrected chi connectivity index (χ1v) is 9.69. The summed E-state index contributed by atoms with van der Waals surface area (Å²) in [7, 11) is 0. The van der Waals surface area contributed by atoms with Crippen LogP contribution in [-0.2, 0) is 0 Å². The predicted octanol–water partition coefficient (Wildman–Crippen LogP) is 2.34. The number of carbonyl (C=O) groups excluding carboxylic acids is 1. The van der Waals surface area contributed by atoms with E-state index < -0.39 is 0 Å². The number of imidazole rings is 1. The lowest BCUT2D eigenvalue weighted by molar-refractivity contribution is 0.102. The highest BCUT2D eigenvalue weighted by atomic mass is 16.1. The Morgan fingerprint density at radius 2 is 2.18 bits per heavy atom. The summed E-state index contributed by atoms with van der Waals surface area (Å²) in [4.78, 5) is 23.9. The molecular formula is C21H24N6O. The summed E-state index contributed by atoms with van der Waals surface area (Å²) < 4.78 is 1.91. The normalized spacial score (nSPS) is 23.9. The molecule has 5 heterocycles. The van der Waals surface area contributed by atoms with Gasteiger partial charge in [0, 0.05) is 50.2 Å². The van der Waals surface area contributed by atoms with Crippen LogP contribution in [0, 0.1) is 18.3 Å². The quantitative estimate of drug-likeness (QED) is 0.734. The maximum Gasteiger partial charge on any atom is 0.257 e. The maximum absolute atomic E-state index is 12.6. The Balaban J connectivity index is 1.29. The standard InChI is InChI=1S/C21H24N6O/c1-14-9-26-11-17(4-6-19(26)24-14)25-20(28)15-3-5-18(23-7-15)27-10-16-8-22-12-21(16,2)13-27/h3-7,9,11,16,22H,8,10,12-13H2,1-2H3,(H,25,28). The van der Waals surface area contributed by atoms with E-state index >= 15 is 0 Å². The number of hydrogen-bond donors (Lipinski definition) is 2. The SMILES string of the molecule is Cc1cn2cc(NC(=O)c3ccc(N4CC5CNCC5(C)C4)nc3)ccc2n1. The zero-order valence-corrected chi connectivity index (χ0v) is 16.1. The number of amides is 1. The molecule has 28 heavy (non-hydrogen) atoms.